The number of halogens is 1. The Morgan fingerprint density at radius 3 is 1.94 bits per heavy atom. The summed E-state index contributed by atoms with van der Waals surface area (Å²) in [6.07, 6.45) is -2.47. The monoisotopic (exact) mass is 590 g/mol. The summed E-state index contributed by atoms with van der Waals surface area (Å²) >= 11 is 1.89. The van der Waals surface area contributed by atoms with Crippen molar-refractivity contribution in [1.29, 1.82) is 0 Å². The van der Waals surface area contributed by atoms with Gasteiger partial charge >= 0.3 is 18.1 Å². The third kappa shape index (κ3) is 8.32. The number of carbonyl (C=O) groups excluding carboxylic acids is 5. The first-order chi connectivity index (χ1) is 15.8. The van der Waals surface area contributed by atoms with Gasteiger partial charge in [0.25, 0.3) is 0 Å². The van der Waals surface area contributed by atoms with E-state index < -0.39 is 24.4 Å². The summed E-state index contributed by atoms with van der Waals surface area (Å²) in [5.74, 6) is -2.21. The van der Waals surface area contributed by atoms with Gasteiger partial charge in [-0.15, -0.1) is 0 Å². The lowest BCUT2D eigenvalue weighted by Crippen LogP contribution is -2.25. The Morgan fingerprint density at radius 2 is 1.41 bits per heavy atom. The molecule has 1 rings (SSSR count). The van der Waals surface area contributed by atoms with Crippen molar-refractivity contribution in [2.75, 3.05) is 23.8 Å². The number of amides is 2. The Morgan fingerprint density at radius 1 is 0.882 bits per heavy atom. The van der Waals surface area contributed by atoms with Gasteiger partial charge in [-0.25, -0.2) is 14.4 Å². The zero-order valence-electron chi connectivity index (χ0n) is 19.8. The molecule has 1 aromatic rings. The molecule has 0 aliphatic rings. The Balaban J connectivity index is 2.96. The van der Waals surface area contributed by atoms with E-state index in [4.69, 9.17) is 18.9 Å². The van der Waals surface area contributed by atoms with Crippen LogP contribution < -0.4 is 10.6 Å². The first-order valence-electron chi connectivity index (χ1n) is 10.0. The van der Waals surface area contributed by atoms with Crippen LogP contribution >= 0.6 is 22.6 Å². The van der Waals surface area contributed by atoms with Crippen molar-refractivity contribution in [2.24, 2.45) is 0 Å². The van der Waals surface area contributed by atoms with Gasteiger partial charge in [-0.1, -0.05) is 6.58 Å². The average molecular weight is 590 g/mol. The van der Waals surface area contributed by atoms with E-state index in [0.29, 0.717) is 26.1 Å². The van der Waals surface area contributed by atoms with Crippen LogP contribution in [-0.4, -0.2) is 49.4 Å². The molecule has 1 aromatic carbocycles. The van der Waals surface area contributed by atoms with Crippen LogP contribution in [0.1, 0.15) is 49.2 Å². The number of rotatable bonds is 9. The number of hydrogen-bond acceptors (Lipinski definition) is 9. The number of benzene rings is 1. The lowest BCUT2D eigenvalue weighted by atomic mass is 10.00. The molecule has 0 radical (unpaired) electrons. The van der Waals surface area contributed by atoms with Crippen molar-refractivity contribution in [3.63, 3.8) is 0 Å². The van der Waals surface area contributed by atoms with E-state index in [9.17, 15) is 24.0 Å². The number of nitrogens with one attached hydrogen (secondary N) is 2. The second-order valence-corrected chi connectivity index (χ2v) is 8.24. The van der Waals surface area contributed by atoms with E-state index in [2.05, 4.69) is 17.2 Å². The summed E-state index contributed by atoms with van der Waals surface area (Å²) in [5.41, 5.74) is 1.93. The van der Waals surface area contributed by atoms with E-state index in [-0.39, 0.29) is 36.2 Å². The molecule has 0 heterocycles. The third-order valence-electron chi connectivity index (χ3n) is 4.17. The SMILES string of the molecule is C=C(C)C(=O)OCCOC(=O)OC(C)OC(=O)c1c(C)c(NC(C)=O)c(C)c(NC(C)=O)c1I. The molecule has 12 heteroatoms. The zero-order valence-corrected chi connectivity index (χ0v) is 21.9. The molecule has 0 aliphatic carbocycles. The van der Waals surface area contributed by atoms with E-state index >= 15 is 0 Å². The zero-order chi connectivity index (χ0) is 26.2. The molecular weight excluding hydrogens is 563 g/mol. The van der Waals surface area contributed by atoms with Crippen LogP contribution in [0.15, 0.2) is 12.2 Å². The van der Waals surface area contributed by atoms with Gasteiger partial charge in [0.15, 0.2) is 0 Å². The summed E-state index contributed by atoms with van der Waals surface area (Å²) in [7, 11) is 0. The van der Waals surface area contributed by atoms with Crippen molar-refractivity contribution in [3.05, 3.63) is 32.4 Å². The van der Waals surface area contributed by atoms with Crippen molar-refractivity contribution in [2.45, 2.75) is 47.8 Å². The molecule has 2 amide bonds. The summed E-state index contributed by atoms with van der Waals surface area (Å²) in [6, 6.07) is 0. The maximum absolute atomic E-state index is 12.9. The van der Waals surface area contributed by atoms with E-state index in [1.54, 1.807) is 13.8 Å². The van der Waals surface area contributed by atoms with E-state index in [1.807, 2.05) is 22.6 Å². The molecule has 0 saturated heterocycles. The Labute approximate surface area is 210 Å². The van der Waals surface area contributed by atoms with Crippen molar-refractivity contribution >= 4 is 63.9 Å². The first kappa shape index (κ1) is 28.9. The molecule has 11 nitrogen and oxygen atoms in total. The number of carbonyl (C=O) groups is 5. The van der Waals surface area contributed by atoms with Gasteiger partial charge < -0.3 is 29.6 Å². The van der Waals surface area contributed by atoms with Crippen molar-refractivity contribution in [3.8, 4) is 0 Å². The highest BCUT2D eigenvalue weighted by Gasteiger charge is 2.27. The lowest BCUT2D eigenvalue weighted by molar-refractivity contribution is -0.140. The van der Waals surface area contributed by atoms with Crippen LogP contribution in [0.5, 0.6) is 0 Å². The summed E-state index contributed by atoms with van der Waals surface area (Å²) in [6.45, 7) is 11.7. The van der Waals surface area contributed by atoms with E-state index in [0.717, 1.165) is 0 Å². The second kappa shape index (κ2) is 12.9. The molecule has 0 aliphatic heterocycles. The van der Waals surface area contributed by atoms with Gasteiger partial charge in [0.05, 0.1) is 14.8 Å². The quantitative estimate of drug-likeness (QED) is 0.110. The topological polar surface area (TPSA) is 146 Å². The Bertz CT molecular complexity index is 977. The first-order valence-corrected chi connectivity index (χ1v) is 11.1. The number of hydrogen-bond donors (Lipinski definition) is 2. The maximum Gasteiger partial charge on any atom is 0.511 e. The highest BCUT2D eigenvalue weighted by Crippen LogP contribution is 2.37. The van der Waals surface area contributed by atoms with Gasteiger partial charge in [0.2, 0.25) is 18.1 Å². The minimum atomic E-state index is -1.33. The van der Waals surface area contributed by atoms with Gasteiger partial charge in [-0.05, 0) is 54.5 Å². The predicted molar refractivity (Wildman–Crippen MR) is 130 cm³/mol. The third-order valence-corrected chi connectivity index (χ3v) is 5.24. The van der Waals surface area contributed by atoms with Crippen molar-refractivity contribution in [1.82, 2.24) is 0 Å². The lowest BCUT2D eigenvalue weighted by Gasteiger charge is -2.22. The molecular formula is C22H27IN2O9. The molecule has 1 atom stereocenters. The fourth-order valence-electron chi connectivity index (χ4n) is 2.70. The molecule has 2 N–H and O–H groups in total. The highest BCUT2D eigenvalue weighted by molar-refractivity contribution is 14.1. The van der Waals surface area contributed by atoms with Crippen LogP contribution in [0, 0.1) is 17.4 Å². The minimum absolute atomic E-state index is 0.0780. The Kier molecular flexibility index (Phi) is 11.0. The summed E-state index contributed by atoms with van der Waals surface area (Å²) < 4.78 is 20.0. The fraction of sp³-hybridized carbons (Fsp3) is 0.409. The van der Waals surface area contributed by atoms with Gasteiger partial charge in [-0.3, -0.25) is 9.59 Å². The maximum atomic E-state index is 12.9. The van der Waals surface area contributed by atoms with Gasteiger partial charge in [0.1, 0.15) is 13.2 Å². The highest BCUT2D eigenvalue weighted by atomic mass is 127. The average Bonchev–Trinajstić information content (AvgIpc) is 2.71. The van der Waals surface area contributed by atoms with Crippen LogP contribution in [0.4, 0.5) is 16.2 Å². The fourth-order valence-corrected chi connectivity index (χ4v) is 3.87. The standard InChI is InChI=1S/C22H27IN2O9/c1-10(2)20(28)31-8-9-32-22(30)34-15(7)33-21(29)16-11(3)18(24-13(5)26)12(4)19(17(16)23)25-14(6)27/h15H,1,8-9H2,2-7H3,(H,24,26)(H,25,27). The molecule has 0 aromatic heterocycles. The summed E-state index contributed by atoms with van der Waals surface area (Å²) in [5, 5.41) is 5.31. The minimum Gasteiger partial charge on any atom is -0.459 e. The normalized spacial score (nSPS) is 11.0. The Hall–Kier alpha value is -3.16. The second-order valence-electron chi connectivity index (χ2n) is 7.16. The molecule has 1 unspecified atom stereocenters. The van der Waals surface area contributed by atoms with Crippen LogP contribution in [-0.2, 0) is 33.3 Å². The van der Waals surface area contributed by atoms with Crippen molar-refractivity contribution < 1.29 is 42.9 Å². The number of ether oxygens (including phenoxy) is 4. The molecule has 0 bridgehead atoms. The van der Waals surface area contributed by atoms with Crippen LogP contribution in [0.3, 0.4) is 0 Å². The number of anilines is 2. The molecule has 0 saturated carbocycles. The van der Waals surface area contributed by atoms with Crippen LogP contribution in [0.25, 0.3) is 0 Å². The number of esters is 2. The molecule has 34 heavy (non-hydrogen) atoms. The molecule has 186 valence electrons. The van der Waals surface area contributed by atoms with Gasteiger partial charge in [-0.2, -0.15) is 0 Å². The van der Waals surface area contributed by atoms with E-state index in [1.165, 1.54) is 27.7 Å². The molecule has 0 spiro atoms. The molecule has 0 fully saturated rings. The predicted octanol–water partition coefficient (Wildman–Crippen LogP) is 3.60. The smallest absolute Gasteiger partial charge is 0.459 e. The van der Waals surface area contributed by atoms with Crippen LogP contribution in [0.2, 0.25) is 0 Å². The van der Waals surface area contributed by atoms with Gasteiger partial charge in [0, 0.05) is 32.0 Å². The largest absolute Gasteiger partial charge is 0.511 e. The summed E-state index contributed by atoms with van der Waals surface area (Å²) in [4.78, 5) is 59.3.